The highest BCUT2D eigenvalue weighted by atomic mass is 35.5. The van der Waals surface area contributed by atoms with Crippen LogP contribution in [0.4, 0.5) is 5.82 Å². The molecule has 0 aromatic carbocycles. The lowest BCUT2D eigenvalue weighted by atomic mass is 10.1. The second kappa shape index (κ2) is 5.85. The van der Waals surface area contributed by atoms with Crippen molar-refractivity contribution < 1.29 is 8.42 Å². The van der Waals surface area contributed by atoms with Crippen LogP contribution >= 0.6 is 11.6 Å². The fourth-order valence-electron chi connectivity index (χ4n) is 2.23. The summed E-state index contributed by atoms with van der Waals surface area (Å²) in [5.41, 5.74) is 0.763. The Morgan fingerprint density at radius 3 is 2.65 bits per heavy atom. The Morgan fingerprint density at radius 2 is 2.05 bits per heavy atom. The Morgan fingerprint density at radius 1 is 1.35 bits per heavy atom. The zero-order valence-electron chi connectivity index (χ0n) is 12.0. The Bertz CT molecular complexity index is 602. The summed E-state index contributed by atoms with van der Waals surface area (Å²) in [5.74, 6) is 1.93. The number of aromatic nitrogens is 2. The molecule has 1 N–H and O–H groups in total. The highest BCUT2D eigenvalue weighted by Crippen LogP contribution is 2.25. The first-order valence-corrected chi connectivity index (χ1v) is 8.99. The van der Waals surface area contributed by atoms with Crippen LogP contribution in [-0.4, -0.2) is 35.9 Å². The largest absolute Gasteiger partial charge is 0.366 e. The van der Waals surface area contributed by atoms with Gasteiger partial charge < -0.3 is 5.32 Å². The topological polar surface area (TPSA) is 72.0 Å². The van der Waals surface area contributed by atoms with Crippen molar-refractivity contribution >= 4 is 27.3 Å². The van der Waals surface area contributed by atoms with Crippen molar-refractivity contribution in [2.24, 2.45) is 0 Å². The zero-order valence-corrected chi connectivity index (χ0v) is 13.6. The van der Waals surface area contributed by atoms with Crippen molar-refractivity contribution in [3.05, 3.63) is 16.5 Å². The maximum Gasteiger partial charge on any atom is 0.152 e. The maximum absolute atomic E-state index is 11.7. The van der Waals surface area contributed by atoms with Crippen LogP contribution in [0.1, 0.15) is 44.0 Å². The Labute approximate surface area is 125 Å². The third-order valence-electron chi connectivity index (χ3n) is 3.42. The van der Waals surface area contributed by atoms with Gasteiger partial charge in [-0.05, 0) is 19.8 Å². The SMILES string of the molecule is Cc1c(Cl)nc(C(C)C)nc1NC1CCCS(=O)(=O)C1. The van der Waals surface area contributed by atoms with Crippen LogP contribution in [0.15, 0.2) is 0 Å². The molecule has 112 valence electrons. The molecule has 0 saturated carbocycles. The van der Waals surface area contributed by atoms with E-state index in [1.54, 1.807) is 0 Å². The van der Waals surface area contributed by atoms with Gasteiger partial charge in [0.2, 0.25) is 0 Å². The first-order valence-electron chi connectivity index (χ1n) is 6.79. The number of nitrogens with zero attached hydrogens (tertiary/aromatic N) is 2. The van der Waals surface area contributed by atoms with E-state index in [2.05, 4.69) is 15.3 Å². The molecule has 1 aromatic rings. The van der Waals surface area contributed by atoms with Crippen LogP contribution in [0.3, 0.4) is 0 Å². The Balaban J connectivity index is 2.24. The second-order valence-corrected chi connectivity index (χ2v) is 8.19. The molecule has 7 heteroatoms. The third-order valence-corrected chi connectivity index (χ3v) is 5.61. The molecule has 1 saturated heterocycles. The molecule has 1 aliphatic heterocycles. The van der Waals surface area contributed by atoms with Crippen molar-refractivity contribution in [2.45, 2.75) is 45.6 Å². The number of sulfone groups is 1. The van der Waals surface area contributed by atoms with E-state index in [0.29, 0.717) is 23.2 Å². The van der Waals surface area contributed by atoms with Gasteiger partial charge in [-0.2, -0.15) is 0 Å². The number of anilines is 1. The summed E-state index contributed by atoms with van der Waals surface area (Å²) in [6.45, 7) is 5.83. The number of nitrogens with one attached hydrogen (secondary N) is 1. The predicted molar refractivity (Wildman–Crippen MR) is 81.2 cm³/mol. The van der Waals surface area contributed by atoms with Gasteiger partial charge in [-0.25, -0.2) is 18.4 Å². The molecule has 0 radical (unpaired) electrons. The smallest absolute Gasteiger partial charge is 0.152 e. The maximum atomic E-state index is 11.7. The van der Waals surface area contributed by atoms with Crippen LogP contribution in [-0.2, 0) is 9.84 Å². The monoisotopic (exact) mass is 317 g/mol. The van der Waals surface area contributed by atoms with E-state index in [-0.39, 0.29) is 23.5 Å². The van der Waals surface area contributed by atoms with Crippen LogP contribution in [0.25, 0.3) is 0 Å². The molecule has 2 rings (SSSR count). The second-order valence-electron chi connectivity index (χ2n) is 5.60. The summed E-state index contributed by atoms with van der Waals surface area (Å²) < 4.78 is 23.4. The van der Waals surface area contributed by atoms with E-state index in [4.69, 9.17) is 11.6 Å². The van der Waals surface area contributed by atoms with Crippen LogP contribution in [0.5, 0.6) is 0 Å². The fraction of sp³-hybridized carbons (Fsp3) is 0.692. The summed E-state index contributed by atoms with van der Waals surface area (Å²) in [6, 6.07) is -0.0987. The van der Waals surface area contributed by atoms with Crippen LogP contribution in [0, 0.1) is 6.92 Å². The minimum Gasteiger partial charge on any atom is -0.366 e. The van der Waals surface area contributed by atoms with Crippen molar-refractivity contribution in [1.82, 2.24) is 9.97 Å². The fourth-order valence-corrected chi connectivity index (χ4v) is 4.05. The Hall–Kier alpha value is -0.880. The van der Waals surface area contributed by atoms with Gasteiger partial charge in [0.05, 0.1) is 11.5 Å². The summed E-state index contributed by atoms with van der Waals surface area (Å²) in [5, 5.41) is 3.65. The zero-order chi connectivity index (χ0) is 14.9. The molecule has 0 aliphatic carbocycles. The van der Waals surface area contributed by atoms with E-state index < -0.39 is 9.84 Å². The normalized spacial score (nSPS) is 21.9. The lowest BCUT2D eigenvalue weighted by Gasteiger charge is -2.24. The molecule has 2 heterocycles. The average Bonchev–Trinajstić information content (AvgIpc) is 2.33. The quantitative estimate of drug-likeness (QED) is 0.867. The molecule has 1 fully saturated rings. The molecule has 20 heavy (non-hydrogen) atoms. The molecule has 1 atom stereocenters. The van der Waals surface area contributed by atoms with E-state index in [0.717, 1.165) is 12.0 Å². The van der Waals surface area contributed by atoms with Gasteiger partial charge in [0.15, 0.2) is 9.84 Å². The lowest BCUT2D eigenvalue weighted by Crippen LogP contribution is -2.35. The first-order chi connectivity index (χ1) is 9.28. The van der Waals surface area contributed by atoms with Gasteiger partial charge in [-0.1, -0.05) is 25.4 Å². The molecule has 0 amide bonds. The van der Waals surface area contributed by atoms with Gasteiger partial charge in [-0.3, -0.25) is 0 Å². The Kier molecular flexibility index (Phi) is 4.54. The highest BCUT2D eigenvalue weighted by molar-refractivity contribution is 7.91. The summed E-state index contributed by atoms with van der Waals surface area (Å²) in [4.78, 5) is 8.72. The molecule has 1 aromatic heterocycles. The van der Waals surface area contributed by atoms with Gasteiger partial charge in [0.25, 0.3) is 0 Å². The van der Waals surface area contributed by atoms with E-state index in [9.17, 15) is 8.42 Å². The molecule has 5 nitrogen and oxygen atoms in total. The van der Waals surface area contributed by atoms with E-state index in [1.807, 2.05) is 20.8 Å². The molecule has 1 aliphatic rings. The standard InChI is InChI=1S/C13H20ClN3O2S/c1-8(2)12-16-11(14)9(3)13(17-12)15-10-5-4-6-20(18,19)7-10/h8,10H,4-7H2,1-3H3,(H,15,16,17). The minimum absolute atomic E-state index is 0.0987. The van der Waals surface area contributed by atoms with Crippen molar-refractivity contribution in [1.29, 1.82) is 0 Å². The van der Waals surface area contributed by atoms with Crippen molar-refractivity contribution in [2.75, 3.05) is 16.8 Å². The van der Waals surface area contributed by atoms with Gasteiger partial charge in [-0.15, -0.1) is 0 Å². The third kappa shape index (κ3) is 3.61. The molecule has 0 bridgehead atoms. The summed E-state index contributed by atoms with van der Waals surface area (Å²) >= 11 is 6.13. The number of hydrogen-bond donors (Lipinski definition) is 1. The lowest BCUT2D eigenvalue weighted by molar-refractivity contribution is 0.561. The molecule has 1 unspecified atom stereocenters. The van der Waals surface area contributed by atoms with Gasteiger partial charge >= 0.3 is 0 Å². The van der Waals surface area contributed by atoms with Crippen molar-refractivity contribution in [3.8, 4) is 0 Å². The molecule has 0 spiro atoms. The predicted octanol–water partition coefficient (Wildman–Crippen LogP) is 2.55. The summed E-state index contributed by atoms with van der Waals surface area (Å²) in [7, 11) is -2.94. The number of halogens is 1. The van der Waals surface area contributed by atoms with Crippen LogP contribution in [0.2, 0.25) is 5.15 Å². The number of hydrogen-bond acceptors (Lipinski definition) is 5. The van der Waals surface area contributed by atoms with E-state index in [1.165, 1.54) is 0 Å². The minimum atomic E-state index is -2.94. The first kappa shape index (κ1) is 15.5. The molecular weight excluding hydrogens is 298 g/mol. The van der Waals surface area contributed by atoms with Gasteiger partial charge in [0, 0.05) is 17.5 Å². The van der Waals surface area contributed by atoms with Crippen LogP contribution < -0.4 is 5.32 Å². The highest BCUT2D eigenvalue weighted by Gasteiger charge is 2.25. The van der Waals surface area contributed by atoms with Crippen molar-refractivity contribution in [3.63, 3.8) is 0 Å². The average molecular weight is 318 g/mol. The molecular formula is C13H20ClN3O2S. The van der Waals surface area contributed by atoms with E-state index >= 15 is 0 Å². The number of rotatable bonds is 3. The summed E-state index contributed by atoms with van der Waals surface area (Å²) in [6.07, 6.45) is 1.52. The van der Waals surface area contributed by atoms with Gasteiger partial charge in [0.1, 0.15) is 16.8 Å².